The summed E-state index contributed by atoms with van der Waals surface area (Å²) in [7, 11) is 1.72. The van der Waals surface area contributed by atoms with Gasteiger partial charge in [-0.05, 0) is 87.7 Å². The predicted molar refractivity (Wildman–Crippen MR) is 111 cm³/mol. The number of carbonyl (C=O) groups is 1. The average molecular weight is 421 g/mol. The summed E-state index contributed by atoms with van der Waals surface area (Å²) in [6, 6.07) is 6.52. The Morgan fingerprint density at radius 3 is 2.55 bits per heavy atom. The van der Waals surface area contributed by atoms with E-state index >= 15 is 0 Å². The van der Waals surface area contributed by atoms with Crippen molar-refractivity contribution in [3.05, 3.63) is 28.8 Å². The number of amides is 1. The van der Waals surface area contributed by atoms with Gasteiger partial charge in [-0.3, -0.25) is 4.79 Å². The number of methoxy groups -OCH3 is 1. The third-order valence-corrected chi connectivity index (χ3v) is 8.00. The molecule has 1 unspecified atom stereocenters. The number of carbonyl (C=O) groups excluding carboxylic acids is 1. The first kappa shape index (κ1) is 19.6. The molecule has 4 aliphatic rings. The molecule has 1 aromatic carbocycles. The molecule has 1 spiro atoms. The fourth-order valence-electron chi connectivity index (χ4n) is 5.89. The van der Waals surface area contributed by atoms with Crippen molar-refractivity contribution >= 4 is 17.5 Å². The van der Waals surface area contributed by atoms with E-state index in [-0.39, 0.29) is 11.3 Å². The second-order valence-electron chi connectivity index (χ2n) is 9.72. The van der Waals surface area contributed by atoms with Crippen molar-refractivity contribution < 1.29 is 13.9 Å². The molecule has 158 valence electrons. The quantitative estimate of drug-likeness (QED) is 0.723. The largest absolute Gasteiger partial charge is 0.496 e. The van der Waals surface area contributed by atoms with Crippen LogP contribution in [0.4, 0.5) is 4.39 Å². The molecule has 0 N–H and O–H groups in total. The molecule has 29 heavy (non-hydrogen) atoms. The number of ether oxygens (including phenoxy) is 1. The Morgan fingerprint density at radius 1 is 1.17 bits per heavy atom. The Balaban J connectivity index is 1.15. The number of alkyl halides is 1. The standard InChI is InChI=1S/C23H30ClFN2O2/c1-29-20-3-2-17(24)12-19(20)16-5-10-26(11-6-16)18-4-7-22(13-18)14-27(15-22)21(28)23(25)8-9-23/h2-3,12,16,18H,4-11,13-15H2,1H3. The molecule has 0 bridgehead atoms. The van der Waals surface area contributed by atoms with Crippen molar-refractivity contribution in [2.45, 2.75) is 62.6 Å². The van der Waals surface area contributed by atoms with Gasteiger partial charge in [-0.1, -0.05) is 11.6 Å². The van der Waals surface area contributed by atoms with Gasteiger partial charge in [-0.2, -0.15) is 0 Å². The first-order valence-corrected chi connectivity index (χ1v) is 11.4. The van der Waals surface area contributed by atoms with Crippen LogP contribution >= 0.6 is 11.6 Å². The number of hydrogen-bond acceptors (Lipinski definition) is 3. The van der Waals surface area contributed by atoms with Crippen LogP contribution in [0, 0.1) is 5.41 Å². The molecule has 5 rings (SSSR count). The molecule has 2 saturated carbocycles. The molecule has 1 aromatic rings. The van der Waals surface area contributed by atoms with Crippen molar-refractivity contribution in [1.29, 1.82) is 0 Å². The summed E-state index contributed by atoms with van der Waals surface area (Å²) in [4.78, 5) is 16.6. The maximum absolute atomic E-state index is 14.0. The average Bonchev–Trinajstić information content (AvgIpc) is 3.30. The van der Waals surface area contributed by atoms with Crippen LogP contribution in [0.2, 0.25) is 5.02 Å². The van der Waals surface area contributed by atoms with E-state index < -0.39 is 5.67 Å². The predicted octanol–water partition coefficient (Wildman–Crippen LogP) is 4.41. The SMILES string of the molecule is COc1ccc(Cl)cc1C1CCN(C2CCC3(C2)CN(C(=O)C2(F)CC2)C3)CC1. The molecule has 2 aliphatic carbocycles. The zero-order chi connectivity index (χ0) is 20.2. The van der Waals surface area contributed by atoms with E-state index in [2.05, 4.69) is 11.0 Å². The highest BCUT2D eigenvalue weighted by Crippen LogP contribution is 2.51. The van der Waals surface area contributed by atoms with Crippen molar-refractivity contribution in [2.75, 3.05) is 33.3 Å². The number of piperidine rings is 1. The fraction of sp³-hybridized carbons (Fsp3) is 0.696. The van der Waals surface area contributed by atoms with Crippen LogP contribution in [0.5, 0.6) is 5.75 Å². The van der Waals surface area contributed by atoms with Gasteiger partial charge in [0, 0.05) is 29.6 Å². The van der Waals surface area contributed by atoms with Crippen molar-refractivity contribution in [3.8, 4) is 5.75 Å². The molecule has 1 atom stereocenters. The zero-order valence-corrected chi connectivity index (χ0v) is 17.9. The molecule has 2 aliphatic heterocycles. The Kier molecular flexibility index (Phi) is 4.82. The summed E-state index contributed by atoms with van der Waals surface area (Å²) in [5, 5.41) is 0.770. The molecule has 2 heterocycles. The Morgan fingerprint density at radius 2 is 1.90 bits per heavy atom. The minimum absolute atomic E-state index is 0.247. The fourth-order valence-corrected chi connectivity index (χ4v) is 6.07. The highest BCUT2D eigenvalue weighted by molar-refractivity contribution is 6.30. The maximum atomic E-state index is 14.0. The Labute approximate surface area is 177 Å². The van der Waals surface area contributed by atoms with E-state index in [0.29, 0.717) is 24.8 Å². The van der Waals surface area contributed by atoms with Crippen molar-refractivity contribution in [2.24, 2.45) is 5.41 Å². The summed E-state index contributed by atoms with van der Waals surface area (Å²) in [5.41, 5.74) is -0.0301. The van der Waals surface area contributed by atoms with Gasteiger partial charge in [0.15, 0.2) is 5.67 Å². The molecule has 2 saturated heterocycles. The van der Waals surface area contributed by atoms with Crippen LogP contribution in [-0.2, 0) is 4.79 Å². The molecular formula is C23H30ClFN2O2. The minimum atomic E-state index is -1.51. The van der Waals surface area contributed by atoms with Crippen LogP contribution < -0.4 is 4.74 Å². The minimum Gasteiger partial charge on any atom is -0.496 e. The van der Waals surface area contributed by atoms with E-state index in [4.69, 9.17) is 16.3 Å². The molecule has 1 amide bonds. The first-order chi connectivity index (χ1) is 13.9. The van der Waals surface area contributed by atoms with Crippen LogP contribution in [-0.4, -0.2) is 60.7 Å². The summed E-state index contributed by atoms with van der Waals surface area (Å²) in [6.45, 7) is 3.73. The topological polar surface area (TPSA) is 32.8 Å². The summed E-state index contributed by atoms with van der Waals surface area (Å²) >= 11 is 6.23. The highest BCUT2D eigenvalue weighted by atomic mass is 35.5. The molecule has 0 radical (unpaired) electrons. The Hall–Kier alpha value is -1.33. The van der Waals surface area contributed by atoms with Crippen LogP contribution in [0.15, 0.2) is 18.2 Å². The molecule has 6 heteroatoms. The number of rotatable bonds is 4. The lowest BCUT2D eigenvalue weighted by atomic mass is 9.77. The molecule has 4 nitrogen and oxygen atoms in total. The number of nitrogens with zero attached hydrogens (tertiary/aromatic N) is 2. The number of benzene rings is 1. The lowest BCUT2D eigenvalue weighted by Gasteiger charge is -2.49. The smallest absolute Gasteiger partial charge is 0.260 e. The third-order valence-electron chi connectivity index (χ3n) is 7.77. The normalized spacial score (nSPS) is 28.4. The van der Waals surface area contributed by atoms with Gasteiger partial charge in [0.05, 0.1) is 7.11 Å². The molecular weight excluding hydrogens is 391 g/mol. The maximum Gasteiger partial charge on any atom is 0.260 e. The van der Waals surface area contributed by atoms with Crippen molar-refractivity contribution in [1.82, 2.24) is 9.80 Å². The van der Waals surface area contributed by atoms with E-state index in [1.54, 1.807) is 12.0 Å². The lowest BCUT2D eigenvalue weighted by Crippen LogP contribution is -2.60. The number of halogens is 2. The summed E-state index contributed by atoms with van der Waals surface area (Å²) < 4.78 is 19.6. The van der Waals surface area contributed by atoms with E-state index in [0.717, 1.165) is 56.2 Å². The zero-order valence-electron chi connectivity index (χ0n) is 17.1. The van der Waals surface area contributed by atoms with Crippen LogP contribution in [0.1, 0.15) is 56.4 Å². The van der Waals surface area contributed by atoms with E-state index in [9.17, 15) is 9.18 Å². The molecule has 4 fully saturated rings. The third kappa shape index (κ3) is 3.54. The highest BCUT2D eigenvalue weighted by Gasteiger charge is 2.58. The second kappa shape index (κ2) is 7.12. The van der Waals surface area contributed by atoms with Gasteiger partial charge in [-0.15, -0.1) is 0 Å². The van der Waals surface area contributed by atoms with Crippen LogP contribution in [0.3, 0.4) is 0 Å². The van der Waals surface area contributed by atoms with E-state index in [1.807, 2.05) is 12.1 Å². The van der Waals surface area contributed by atoms with Gasteiger partial charge in [0.25, 0.3) is 5.91 Å². The Bertz CT molecular complexity index is 798. The van der Waals surface area contributed by atoms with Gasteiger partial charge < -0.3 is 14.5 Å². The number of hydrogen-bond donors (Lipinski definition) is 0. The van der Waals surface area contributed by atoms with Gasteiger partial charge in [0.2, 0.25) is 0 Å². The number of likely N-dealkylation sites (tertiary alicyclic amines) is 2. The van der Waals surface area contributed by atoms with Gasteiger partial charge in [0.1, 0.15) is 5.75 Å². The first-order valence-electron chi connectivity index (χ1n) is 11.0. The second-order valence-corrected chi connectivity index (χ2v) is 10.2. The van der Waals surface area contributed by atoms with Crippen molar-refractivity contribution in [3.63, 3.8) is 0 Å². The lowest BCUT2D eigenvalue weighted by molar-refractivity contribution is -0.150. The van der Waals surface area contributed by atoms with Crippen LogP contribution in [0.25, 0.3) is 0 Å². The van der Waals surface area contributed by atoms with Gasteiger partial charge in [-0.25, -0.2) is 4.39 Å². The molecule has 0 aromatic heterocycles. The van der Waals surface area contributed by atoms with Gasteiger partial charge >= 0.3 is 0 Å². The van der Waals surface area contributed by atoms with E-state index in [1.165, 1.54) is 18.4 Å². The summed E-state index contributed by atoms with van der Waals surface area (Å²) in [6.07, 6.45) is 6.61. The monoisotopic (exact) mass is 420 g/mol. The summed E-state index contributed by atoms with van der Waals surface area (Å²) in [5.74, 6) is 1.18.